The standard InChI is InChI=1S/C24H29N9O4/c1-13-17(10-25-30(13)2)27-23(35)21-18(11-26-31(21)3)28-22(34)20-19(33(36)37)12-32(29-20)24-7-14-4-15(8-24)6-16(5-14)9-24/h10-12,14-16H,4-9H2,1-3H3,(H,27,35)(H,28,34). The molecule has 0 atom stereocenters. The van der Waals surface area contributed by atoms with Crippen LogP contribution in [0.2, 0.25) is 0 Å². The number of aryl methyl sites for hydroxylation is 2. The Morgan fingerprint density at radius 2 is 1.54 bits per heavy atom. The Balaban J connectivity index is 1.28. The van der Waals surface area contributed by atoms with E-state index in [0.717, 1.165) is 25.0 Å². The number of amides is 2. The van der Waals surface area contributed by atoms with E-state index in [9.17, 15) is 19.7 Å². The molecule has 0 aliphatic heterocycles. The minimum atomic E-state index is -0.755. The zero-order valence-electron chi connectivity index (χ0n) is 21.0. The summed E-state index contributed by atoms with van der Waals surface area (Å²) in [7, 11) is 3.33. The maximum absolute atomic E-state index is 13.3. The minimum Gasteiger partial charge on any atom is -0.318 e. The van der Waals surface area contributed by atoms with E-state index in [1.807, 2.05) is 6.92 Å². The smallest absolute Gasteiger partial charge is 0.318 e. The quantitative estimate of drug-likeness (QED) is 0.384. The highest BCUT2D eigenvalue weighted by Crippen LogP contribution is 2.58. The lowest BCUT2D eigenvalue weighted by Gasteiger charge is -2.56. The third-order valence-electron chi connectivity index (χ3n) is 8.48. The maximum Gasteiger partial charge on any atom is 0.320 e. The van der Waals surface area contributed by atoms with Crippen LogP contribution in [0.25, 0.3) is 0 Å². The van der Waals surface area contributed by atoms with E-state index >= 15 is 0 Å². The molecule has 0 saturated heterocycles. The van der Waals surface area contributed by atoms with E-state index < -0.39 is 16.7 Å². The molecule has 13 heteroatoms. The van der Waals surface area contributed by atoms with Gasteiger partial charge in [-0.1, -0.05) is 0 Å². The summed E-state index contributed by atoms with van der Waals surface area (Å²) in [6, 6.07) is 0. The summed E-state index contributed by atoms with van der Waals surface area (Å²) in [6.45, 7) is 1.81. The van der Waals surface area contributed by atoms with Crippen molar-refractivity contribution in [2.75, 3.05) is 10.6 Å². The predicted molar refractivity (Wildman–Crippen MR) is 132 cm³/mol. The van der Waals surface area contributed by atoms with Gasteiger partial charge in [0.15, 0.2) is 0 Å². The van der Waals surface area contributed by atoms with Crippen molar-refractivity contribution >= 4 is 28.9 Å². The van der Waals surface area contributed by atoms with E-state index in [4.69, 9.17) is 0 Å². The van der Waals surface area contributed by atoms with Crippen LogP contribution in [0.1, 0.15) is 65.2 Å². The van der Waals surface area contributed by atoms with Crippen molar-refractivity contribution in [3.05, 3.63) is 45.8 Å². The van der Waals surface area contributed by atoms with Crippen molar-refractivity contribution in [1.29, 1.82) is 0 Å². The topological polar surface area (TPSA) is 155 Å². The Labute approximate surface area is 212 Å². The second kappa shape index (κ2) is 8.25. The number of rotatable bonds is 6. The molecular weight excluding hydrogens is 478 g/mol. The molecule has 4 aliphatic carbocycles. The van der Waals surface area contributed by atoms with E-state index in [1.54, 1.807) is 23.5 Å². The van der Waals surface area contributed by atoms with Crippen LogP contribution in [-0.2, 0) is 19.6 Å². The average molecular weight is 508 g/mol. The van der Waals surface area contributed by atoms with Crippen LogP contribution in [0.3, 0.4) is 0 Å². The van der Waals surface area contributed by atoms with Gasteiger partial charge in [0.25, 0.3) is 11.8 Å². The molecule has 0 unspecified atom stereocenters. The first-order valence-electron chi connectivity index (χ1n) is 12.5. The Bertz CT molecular complexity index is 1400. The van der Waals surface area contributed by atoms with Gasteiger partial charge in [0.05, 0.1) is 39.9 Å². The molecule has 4 aliphatic rings. The maximum atomic E-state index is 13.3. The first-order chi connectivity index (χ1) is 17.6. The Morgan fingerprint density at radius 3 is 2.11 bits per heavy atom. The van der Waals surface area contributed by atoms with E-state index in [1.165, 1.54) is 42.5 Å². The fourth-order valence-electron chi connectivity index (χ4n) is 7.03. The van der Waals surface area contributed by atoms with Gasteiger partial charge in [0.2, 0.25) is 5.69 Å². The molecule has 0 spiro atoms. The second-order valence-electron chi connectivity index (χ2n) is 10.9. The summed E-state index contributed by atoms with van der Waals surface area (Å²) in [5.74, 6) is 0.597. The second-order valence-corrected chi connectivity index (χ2v) is 10.9. The number of hydrogen-bond donors (Lipinski definition) is 2. The van der Waals surface area contributed by atoms with Crippen molar-refractivity contribution < 1.29 is 14.5 Å². The van der Waals surface area contributed by atoms with Crippen molar-refractivity contribution in [1.82, 2.24) is 29.3 Å². The molecule has 194 valence electrons. The summed E-state index contributed by atoms with van der Waals surface area (Å²) in [5, 5.41) is 30.0. The molecule has 7 rings (SSSR count). The molecule has 3 aromatic heterocycles. The van der Waals surface area contributed by atoms with E-state index in [0.29, 0.717) is 23.4 Å². The van der Waals surface area contributed by atoms with Crippen molar-refractivity contribution in [3.8, 4) is 0 Å². The average Bonchev–Trinajstić information content (AvgIpc) is 3.52. The molecule has 4 saturated carbocycles. The molecular formula is C24H29N9O4. The van der Waals surface area contributed by atoms with Gasteiger partial charge < -0.3 is 10.6 Å². The summed E-state index contributed by atoms with van der Waals surface area (Å²) >= 11 is 0. The van der Waals surface area contributed by atoms with Gasteiger partial charge in [-0.3, -0.25) is 33.7 Å². The number of hydrogen-bond acceptors (Lipinski definition) is 7. The Morgan fingerprint density at radius 1 is 0.973 bits per heavy atom. The third-order valence-corrected chi connectivity index (χ3v) is 8.48. The molecule has 0 radical (unpaired) electrons. The van der Waals surface area contributed by atoms with Crippen molar-refractivity contribution in [2.24, 2.45) is 31.8 Å². The van der Waals surface area contributed by atoms with Gasteiger partial charge in [-0.2, -0.15) is 15.3 Å². The molecule has 4 fully saturated rings. The molecule has 2 N–H and O–H groups in total. The van der Waals surface area contributed by atoms with Crippen LogP contribution in [-0.4, -0.2) is 46.1 Å². The SMILES string of the molecule is Cc1c(NC(=O)c2c(NC(=O)c3nn(C45CC6CC(CC(C6)C4)C5)cc3[N+](=O)[O-])cnn2C)cnn1C. The number of carbonyl (C=O) groups excluding carboxylic acids is 2. The van der Waals surface area contributed by atoms with Gasteiger partial charge >= 0.3 is 5.69 Å². The van der Waals surface area contributed by atoms with E-state index in [-0.39, 0.29) is 28.3 Å². The van der Waals surface area contributed by atoms with Gasteiger partial charge in [-0.05, 0) is 63.2 Å². The highest BCUT2D eigenvalue weighted by atomic mass is 16.6. The van der Waals surface area contributed by atoms with Crippen molar-refractivity contribution in [2.45, 2.75) is 51.0 Å². The van der Waals surface area contributed by atoms with Crippen LogP contribution in [0.4, 0.5) is 17.1 Å². The van der Waals surface area contributed by atoms with Crippen molar-refractivity contribution in [3.63, 3.8) is 0 Å². The number of carbonyl (C=O) groups is 2. The number of nitrogens with one attached hydrogen (secondary N) is 2. The number of aromatic nitrogens is 6. The summed E-state index contributed by atoms with van der Waals surface area (Å²) in [6.07, 6.45) is 10.8. The van der Waals surface area contributed by atoms with Crippen LogP contribution in [0, 0.1) is 34.8 Å². The third kappa shape index (κ3) is 3.80. The fourth-order valence-corrected chi connectivity index (χ4v) is 7.03. The Kier molecular flexibility index (Phi) is 5.21. The van der Waals surface area contributed by atoms with Gasteiger partial charge in [-0.25, -0.2) is 0 Å². The zero-order valence-corrected chi connectivity index (χ0v) is 21.0. The van der Waals surface area contributed by atoms with E-state index in [2.05, 4.69) is 25.9 Å². The fraction of sp³-hybridized carbons (Fsp3) is 0.542. The first-order valence-corrected chi connectivity index (χ1v) is 12.5. The molecule has 2 amide bonds. The monoisotopic (exact) mass is 507 g/mol. The predicted octanol–water partition coefficient (Wildman–Crippen LogP) is 3.00. The normalized spacial score (nSPS) is 25.9. The number of anilines is 2. The van der Waals surface area contributed by atoms with Crippen LogP contribution in [0.15, 0.2) is 18.6 Å². The molecule has 3 heterocycles. The molecule has 37 heavy (non-hydrogen) atoms. The molecule has 4 bridgehead atoms. The van der Waals surface area contributed by atoms with Gasteiger partial charge in [-0.15, -0.1) is 0 Å². The summed E-state index contributed by atoms with van der Waals surface area (Å²) in [4.78, 5) is 37.7. The molecule has 0 aromatic carbocycles. The van der Waals surface area contributed by atoms with Crippen LogP contribution in [0.5, 0.6) is 0 Å². The number of nitrogens with zero attached hydrogens (tertiary/aromatic N) is 7. The first kappa shape index (κ1) is 23.4. The molecule has 3 aromatic rings. The van der Waals surface area contributed by atoms with Crippen LogP contribution < -0.4 is 10.6 Å². The lowest BCUT2D eigenvalue weighted by atomic mass is 9.53. The van der Waals surface area contributed by atoms with Gasteiger partial charge in [0.1, 0.15) is 11.9 Å². The lowest BCUT2D eigenvalue weighted by Crippen LogP contribution is -2.52. The minimum absolute atomic E-state index is 0.0970. The lowest BCUT2D eigenvalue weighted by molar-refractivity contribution is -0.385. The largest absolute Gasteiger partial charge is 0.320 e. The zero-order chi connectivity index (χ0) is 26.1. The molecule has 13 nitrogen and oxygen atoms in total. The highest BCUT2D eigenvalue weighted by Gasteiger charge is 2.53. The summed E-state index contributed by atoms with van der Waals surface area (Å²) < 4.78 is 4.66. The Hall–Kier alpha value is -4.03. The number of nitro groups is 1. The highest BCUT2D eigenvalue weighted by molar-refractivity contribution is 6.12. The van der Waals surface area contributed by atoms with Gasteiger partial charge in [0, 0.05) is 14.1 Å². The van der Waals surface area contributed by atoms with Crippen LogP contribution >= 0.6 is 0 Å². The summed E-state index contributed by atoms with van der Waals surface area (Å²) in [5.41, 5.74) is 0.639.